The fourth-order valence-electron chi connectivity index (χ4n) is 18.5. The van der Waals surface area contributed by atoms with E-state index in [2.05, 4.69) is 26.8 Å². The molecule has 7 fully saturated rings. The lowest BCUT2D eigenvalue weighted by molar-refractivity contribution is -0.269. The summed E-state index contributed by atoms with van der Waals surface area (Å²) in [5.41, 5.74) is -11.0. The van der Waals surface area contributed by atoms with Crippen molar-refractivity contribution in [2.45, 2.75) is 157 Å². The largest absolute Gasteiger partial charge is 0.508 e. The van der Waals surface area contributed by atoms with E-state index < -0.39 is 109 Å². The van der Waals surface area contributed by atoms with Crippen molar-refractivity contribution in [3.8, 4) is 5.75 Å². The van der Waals surface area contributed by atoms with Gasteiger partial charge < -0.3 is 55.6 Å². The number of aryl methyl sites for hydroxylation is 1. The molecule has 68 heavy (non-hydrogen) atoms. The van der Waals surface area contributed by atoms with Gasteiger partial charge in [-0.25, -0.2) is 0 Å². The number of aromatic hydroxyl groups is 1. The third-order valence-electron chi connectivity index (χ3n) is 22.0. The van der Waals surface area contributed by atoms with Crippen molar-refractivity contribution in [1.29, 1.82) is 0 Å². The Hall–Kier alpha value is -2.02. The molecule has 9 N–H and O–H groups in total. The number of ether oxygens (including phenoxy) is 1. The molecule has 13 nitrogen and oxygen atoms in total. The third-order valence-corrected chi connectivity index (χ3v) is 25.1. The van der Waals surface area contributed by atoms with Crippen LogP contribution < -0.4 is 4.90 Å². The highest BCUT2D eigenvalue weighted by molar-refractivity contribution is 8.77. The highest BCUT2D eigenvalue weighted by Crippen LogP contribution is 2.84. The van der Waals surface area contributed by atoms with Crippen LogP contribution in [0.4, 0.5) is 5.69 Å². The van der Waals surface area contributed by atoms with Gasteiger partial charge in [0.25, 0.3) is 0 Å². The lowest BCUT2D eigenvalue weighted by atomic mass is 9.33. The van der Waals surface area contributed by atoms with Crippen LogP contribution >= 0.6 is 21.6 Å². The first-order chi connectivity index (χ1) is 32.2. The first kappa shape index (κ1) is 48.3. The maximum Gasteiger partial charge on any atom is 0.233 e. The number of allylic oxidation sites excluding steroid dienone is 2. The number of phenols is 1. The van der Waals surface area contributed by atoms with Crippen LogP contribution in [0.5, 0.6) is 5.75 Å². The van der Waals surface area contributed by atoms with Crippen LogP contribution in [0.3, 0.4) is 0 Å². The van der Waals surface area contributed by atoms with Crippen LogP contribution in [0.1, 0.15) is 110 Å². The Kier molecular flexibility index (Phi) is 11.3. The average Bonchev–Trinajstić information content (AvgIpc) is 3.89. The van der Waals surface area contributed by atoms with E-state index in [1.165, 1.54) is 10.8 Å². The summed E-state index contributed by atoms with van der Waals surface area (Å²) in [4.78, 5) is 32.9. The van der Waals surface area contributed by atoms with Gasteiger partial charge in [0.1, 0.15) is 28.5 Å². The van der Waals surface area contributed by atoms with E-state index in [1.807, 2.05) is 19.1 Å². The van der Waals surface area contributed by atoms with E-state index >= 15 is 9.59 Å². The van der Waals surface area contributed by atoms with E-state index in [4.69, 9.17) is 4.74 Å². The number of carbonyl (C=O) groups is 2. The fourth-order valence-corrected chi connectivity index (χ4v) is 21.7. The number of fused-ring (bicyclic) bond motifs is 1. The second kappa shape index (κ2) is 16.0. The molecular weight excluding hydrogens is 907 g/mol. The number of carbonyl (C=O) groups excluding carboxylic acids is 2. The molecule has 5 aliphatic heterocycles. The Morgan fingerprint density at radius 2 is 1.66 bits per heavy atom. The molecule has 4 spiro atoms. The molecule has 19 atom stereocenters. The summed E-state index contributed by atoms with van der Waals surface area (Å²) in [5, 5.41) is 110. The second-order valence-corrected chi connectivity index (χ2v) is 26.6. The Morgan fingerprint density at radius 1 is 0.897 bits per heavy atom. The van der Waals surface area contributed by atoms with Crippen LogP contribution in [0.2, 0.25) is 0 Å². The quantitative estimate of drug-likeness (QED) is 0.106. The molecule has 5 saturated carbocycles. The lowest BCUT2D eigenvalue weighted by Crippen LogP contribution is -2.76. The molecule has 1 amide bonds. The van der Waals surface area contributed by atoms with E-state index in [1.54, 1.807) is 23.1 Å². The number of anilines is 1. The molecule has 15 heteroatoms. The Bertz CT molecular complexity index is 2310. The molecule has 0 radical (unpaired) electrons. The van der Waals surface area contributed by atoms with Crippen molar-refractivity contribution in [3.63, 3.8) is 0 Å². The predicted molar refractivity (Wildman–Crippen MR) is 257 cm³/mol. The molecular formula is C53H73NO12S2. The average molecular weight is 980 g/mol. The number of benzene rings is 1. The molecule has 8 bridgehead atoms. The van der Waals surface area contributed by atoms with Crippen LogP contribution in [-0.2, 0) is 20.7 Å². The SMILES string of the molecule is CC(C)[C@@H](C)[C@@H]1O[C@H]1[C@@]1(O)CC=C[C@@H]2C[C@@]34CC[C@H]5[C@@](O)(CO)[C@H](O)C[C@@]6(C(=O)C=C3[C@]3(O)CC[C@H]1[C@@]23CCc1cc(O)cc(c1)N1CC[C@]2(C1=O)[C@H](CO)CCC[C@H]2[C@@H](CO)SS[C@@H]6O)[C@]54C. The number of epoxide rings is 1. The molecule has 374 valence electrons. The molecule has 5 heterocycles. The summed E-state index contributed by atoms with van der Waals surface area (Å²) in [6, 6.07) is 5.24. The number of nitrogens with zero attached hydrogens (tertiary/aromatic N) is 1. The van der Waals surface area contributed by atoms with Gasteiger partial charge in [-0.1, -0.05) is 67.9 Å². The van der Waals surface area contributed by atoms with Gasteiger partial charge in [-0.05, 0) is 147 Å². The minimum atomic E-state index is -2.03. The van der Waals surface area contributed by atoms with Gasteiger partial charge in [0.15, 0.2) is 5.78 Å². The Balaban J connectivity index is 1.14. The van der Waals surface area contributed by atoms with Gasteiger partial charge in [-0.15, -0.1) is 0 Å². The third kappa shape index (κ3) is 5.76. The number of hydrogen-bond donors (Lipinski definition) is 9. The number of hydrogen-bond acceptors (Lipinski definition) is 14. The van der Waals surface area contributed by atoms with Crippen molar-refractivity contribution in [2.75, 3.05) is 31.3 Å². The van der Waals surface area contributed by atoms with Crippen LogP contribution in [0.15, 0.2) is 42.0 Å². The summed E-state index contributed by atoms with van der Waals surface area (Å²) < 4.78 is 6.51. The molecule has 0 unspecified atom stereocenters. The number of ketones is 1. The highest BCUT2D eigenvalue weighted by atomic mass is 33.1. The normalized spacial score (nSPS) is 50.8. The molecule has 13 rings (SSSR count). The van der Waals surface area contributed by atoms with Crippen LogP contribution in [0, 0.1) is 68.5 Å². The lowest BCUT2D eigenvalue weighted by Gasteiger charge is -2.72. The fraction of sp³-hybridized carbons (Fsp3) is 0.774. The van der Waals surface area contributed by atoms with Crippen molar-refractivity contribution >= 4 is 39.0 Å². The monoisotopic (exact) mass is 979 g/mol. The summed E-state index contributed by atoms with van der Waals surface area (Å²) in [7, 11) is 2.27. The van der Waals surface area contributed by atoms with E-state index in [0.717, 1.165) is 22.8 Å². The second-order valence-electron chi connectivity index (χ2n) is 24.0. The smallest absolute Gasteiger partial charge is 0.233 e. The topological polar surface area (TPSA) is 232 Å². The molecule has 1 aromatic carbocycles. The minimum Gasteiger partial charge on any atom is -0.508 e. The van der Waals surface area contributed by atoms with Gasteiger partial charge in [0, 0.05) is 46.9 Å². The van der Waals surface area contributed by atoms with E-state index in [9.17, 15) is 46.0 Å². The highest BCUT2D eigenvalue weighted by Gasteiger charge is 2.85. The first-order valence-corrected chi connectivity index (χ1v) is 28.0. The number of aliphatic hydroxyl groups excluding tert-OH is 5. The van der Waals surface area contributed by atoms with Gasteiger partial charge >= 0.3 is 0 Å². The van der Waals surface area contributed by atoms with Crippen molar-refractivity contribution in [1.82, 2.24) is 0 Å². The summed E-state index contributed by atoms with van der Waals surface area (Å²) >= 11 is 0. The molecule has 7 aliphatic carbocycles. The Morgan fingerprint density at radius 3 is 2.38 bits per heavy atom. The maximum atomic E-state index is 15.9. The van der Waals surface area contributed by atoms with Gasteiger partial charge in [-0.3, -0.25) is 9.59 Å². The molecule has 0 aromatic heterocycles. The summed E-state index contributed by atoms with van der Waals surface area (Å²) in [6.45, 7) is 7.38. The summed E-state index contributed by atoms with van der Waals surface area (Å²) in [6.07, 6.45) is 8.29. The number of aliphatic hydroxyl groups is 8. The van der Waals surface area contributed by atoms with E-state index in [0.29, 0.717) is 87.9 Å². The van der Waals surface area contributed by atoms with Crippen LogP contribution in [0.25, 0.3) is 0 Å². The zero-order valence-electron chi connectivity index (χ0n) is 39.9. The number of amides is 1. The van der Waals surface area contributed by atoms with Crippen molar-refractivity contribution in [2.24, 2.45) is 68.5 Å². The first-order valence-electron chi connectivity index (χ1n) is 25.7. The number of rotatable bonds is 6. The van der Waals surface area contributed by atoms with Gasteiger partial charge in [-0.2, -0.15) is 0 Å². The van der Waals surface area contributed by atoms with E-state index in [-0.39, 0.29) is 49.7 Å². The summed E-state index contributed by atoms with van der Waals surface area (Å²) in [5.74, 6) is -2.79. The maximum absolute atomic E-state index is 15.9. The zero-order valence-corrected chi connectivity index (χ0v) is 41.6. The molecule has 2 saturated heterocycles. The predicted octanol–water partition coefficient (Wildman–Crippen LogP) is 4.81. The van der Waals surface area contributed by atoms with Gasteiger partial charge in [0.2, 0.25) is 5.91 Å². The van der Waals surface area contributed by atoms with Gasteiger partial charge in [0.05, 0.1) is 41.9 Å². The standard InChI is InChI=1S/C53H73NO12S2/c1-28(2)29(3)42-43(66-42)51(63)13-6-8-31-23-47-14-11-37-46(47,4)50(24-41(60)52(37,64)27-57)40(59)22-39(47)53(65)16-12-38(51)49(31,53)15-10-30-19-33(21-34(58)20-30)54-18-17-48(44(54)61)32(25-55)7-5-9-35(48)36(26-56)67-68-45(50)62/h6,8,19-22,28-29,31-32,35-38,41-43,45,55-58,60,62-65H,5,7,9-18,23-27H2,1-4H3/t29-,31-,32+,35+,36-,37-,38+,41-,42+,43-,45+,46-,47+,48+,49-,50+,51-,52+,53-/m1/s1. The van der Waals surface area contributed by atoms with Crippen molar-refractivity contribution in [3.05, 3.63) is 47.6 Å². The molecule has 12 aliphatic rings. The molecule has 1 aromatic rings. The number of phenolic OH excluding ortho intramolecular Hbond substituents is 1. The van der Waals surface area contributed by atoms with Crippen LogP contribution in [-0.4, -0.2) is 130 Å². The minimum absolute atomic E-state index is 0.0181. The zero-order chi connectivity index (χ0) is 48.4. The van der Waals surface area contributed by atoms with Crippen molar-refractivity contribution < 1.29 is 60.3 Å². The Labute approximate surface area is 407 Å².